The van der Waals surface area contributed by atoms with Gasteiger partial charge in [-0.15, -0.1) is 0 Å². The molecular formula is C37H46N2O7. The zero-order chi connectivity index (χ0) is 33.4. The van der Waals surface area contributed by atoms with Gasteiger partial charge in [0.2, 0.25) is 5.91 Å². The van der Waals surface area contributed by atoms with Gasteiger partial charge in [-0.05, 0) is 79.4 Å². The molecule has 246 valence electrons. The number of carbonyl (C=O) groups is 5. The Morgan fingerprint density at radius 3 is 2.35 bits per heavy atom. The molecule has 6 atom stereocenters. The number of hydrogen-bond donors (Lipinski definition) is 3. The second-order valence-electron chi connectivity index (χ2n) is 15.2. The number of nitrogens with two attached hydrogens (primary N) is 1. The summed E-state index contributed by atoms with van der Waals surface area (Å²) >= 11 is 0. The van der Waals surface area contributed by atoms with Gasteiger partial charge in [-0.1, -0.05) is 51.3 Å². The highest BCUT2D eigenvalue weighted by Crippen LogP contribution is 2.55. The van der Waals surface area contributed by atoms with Gasteiger partial charge >= 0.3 is 0 Å². The number of nitrogens with zero attached hydrogens (tertiary/aromatic N) is 1. The molecule has 0 aromatic heterocycles. The quantitative estimate of drug-likeness (QED) is 0.395. The fourth-order valence-electron chi connectivity index (χ4n) is 9.36. The Balaban J connectivity index is 1.36. The molecule has 0 heterocycles. The number of aliphatic hydroxyl groups is 1. The molecule has 5 aliphatic carbocycles. The minimum absolute atomic E-state index is 0.0414. The minimum Gasteiger partial charge on any atom is -0.507 e. The lowest BCUT2D eigenvalue weighted by Gasteiger charge is -2.52. The number of Topliss-reactive ketones (excluding diaryl/α,β-unsaturated/α-hetero) is 4. The Bertz CT molecular complexity index is 1590. The average Bonchev–Trinajstić information content (AvgIpc) is 3.44. The van der Waals surface area contributed by atoms with E-state index >= 15 is 0 Å². The van der Waals surface area contributed by atoms with Crippen LogP contribution >= 0.6 is 0 Å². The molecule has 46 heavy (non-hydrogen) atoms. The number of phenols is 1. The predicted octanol–water partition coefficient (Wildman–Crippen LogP) is 4.20. The van der Waals surface area contributed by atoms with Gasteiger partial charge in [-0.2, -0.15) is 0 Å². The topological polar surface area (TPSA) is 155 Å². The molecule has 0 aliphatic heterocycles. The van der Waals surface area contributed by atoms with E-state index in [1.165, 1.54) is 31.3 Å². The molecule has 0 radical (unpaired) electrons. The Hall–Kier alpha value is -3.59. The van der Waals surface area contributed by atoms with Crippen molar-refractivity contribution in [3.05, 3.63) is 40.5 Å². The summed E-state index contributed by atoms with van der Waals surface area (Å²) in [5.74, 6) is -9.91. The number of phenolic OH excluding ortho intramolecular Hbond substituents is 1. The van der Waals surface area contributed by atoms with Gasteiger partial charge in [0.05, 0.1) is 11.5 Å². The van der Waals surface area contributed by atoms with Crippen LogP contribution < -0.4 is 10.6 Å². The van der Waals surface area contributed by atoms with Crippen LogP contribution in [0.3, 0.4) is 0 Å². The number of allylic oxidation sites excluding steroid dienone is 4. The summed E-state index contributed by atoms with van der Waals surface area (Å²) in [6.07, 6.45) is 11.1. The Morgan fingerprint density at radius 1 is 1.07 bits per heavy atom. The Kier molecular flexibility index (Phi) is 8.15. The van der Waals surface area contributed by atoms with Crippen molar-refractivity contribution < 1.29 is 34.2 Å². The lowest BCUT2D eigenvalue weighted by atomic mass is 9.49. The molecule has 5 aliphatic rings. The Morgan fingerprint density at radius 2 is 1.74 bits per heavy atom. The molecule has 1 aromatic rings. The summed E-state index contributed by atoms with van der Waals surface area (Å²) in [5.41, 5.74) is 6.90. The highest BCUT2D eigenvalue weighted by molar-refractivity contribution is 6.32. The molecule has 0 bridgehead atoms. The van der Waals surface area contributed by atoms with Crippen LogP contribution in [0.4, 0.5) is 5.69 Å². The van der Waals surface area contributed by atoms with Crippen molar-refractivity contribution in [2.24, 2.45) is 53.1 Å². The SMILES string of the molecule is CC1CCC(CC2=CC=C(c3cc(N(C)C)c4c(c3O)C(=O)C3C(=O)[C@]5(O)C(=O)C(C(N)=O)C(=O)[C@@H](C(C)C)[C@@H]5C[C@@H]3C4)C2)CC1. The summed E-state index contributed by atoms with van der Waals surface area (Å²) in [5, 5.41) is 23.7. The maximum absolute atomic E-state index is 14.4. The molecule has 6 rings (SSSR count). The van der Waals surface area contributed by atoms with E-state index in [1.54, 1.807) is 13.8 Å². The highest BCUT2D eigenvalue weighted by atomic mass is 16.3. The smallest absolute Gasteiger partial charge is 0.235 e. The van der Waals surface area contributed by atoms with Gasteiger partial charge in [-0.25, -0.2) is 0 Å². The summed E-state index contributed by atoms with van der Waals surface area (Å²) in [7, 11) is 3.73. The number of fused-ring (bicyclic) bond motifs is 3. The van der Waals surface area contributed by atoms with Crippen molar-refractivity contribution >= 4 is 40.3 Å². The second-order valence-corrected chi connectivity index (χ2v) is 15.2. The number of aromatic hydroxyl groups is 1. The number of rotatable bonds is 6. The molecule has 9 heteroatoms. The van der Waals surface area contributed by atoms with Crippen molar-refractivity contribution in [1.29, 1.82) is 0 Å². The predicted molar refractivity (Wildman–Crippen MR) is 173 cm³/mol. The molecule has 3 fully saturated rings. The van der Waals surface area contributed by atoms with E-state index in [1.807, 2.05) is 31.1 Å². The van der Waals surface area contributed by atoms with Gasteiger partial charge < -0.3 is 20.8 Å². The lowest BCUT2D eigenvalue weighted by Crippen LogP contribution is -2.71. The van der Waals surface area contributed by atoms with Crippen molar-refractivity contribution in [2.75, 3.05) is 19.0 Å². The second kappa shape index (κ2) is 11.6. The zero-order valence-corrected chi connectivity index (χ0v) is 27.5. The van der Waals surface area contributed by atoms with Crippen LogP contribution in [-0.2, 0) is 25.6 Å². The van der Waals surface area contributed by atoms with Crippen LogP contribution in [0.25, 0.3) is 5.57 Å². The summed E-state index contributed by atoms with van der Waals surface area (Å²) in [6.45, 7) is 5.79. The number of amides is 1. The standard InChI is InChI=1S/C37H46N2O7/c1-17(2)27-25-15-22-14-24-26(39(4)5)16-23(21-11-10-20(13-21)12-19-8-6-18(3)7-9-19)31(40)29(24)33(42)28(22)34(43)37(25,46)35(44)30(32(27)41)36(38)45/h10-11,16-19,22,25,27-28,30,40,46H,6-9,12-15H2,1-5H3,(H2,38,45)/t18?,19?,22-,25-,27-,28?,30?,37-/m0/s1. The third-order valence-electron chi connectivity index (χ3n) is 11.7. The number of hydrogen-bond acceptors (Lipinski definition) is 8. The molecular weight excluding hydrogens is 584 g/mol. The molecule has 3 saturated carbocycles. The first-order valence-corrected chi connectivity index (χ1v) is 16.8. The number of carbonyl (C=O) groups excluding carboxylic acids is 5. The van der Waals surface area contributed by atoms with Crippen LogP contribution in [0, 0.1) is 47.3 Å². The van der Waals surface area contributed by atoms with E-state index in [4.69, 9.17) is 5.73 Å². The average molecular weight is 631 g/mol. The molecule has 2 unspecified atom stereocenters. The maximum Gasteiger partial charge on any atom is 0.235 e. The summed E-state index contributed by atoms with van der Waals surface area (Å²) < 4.78 is 0. The molecule has 1 amide bonds. The van der Waals surface area contributed by atoms with Gasteiger partial charge in [-0.3, -0.25) is 24.0 Å². The van der Waals surface area contributed by atoms with Crippen molar-refractivity contribution in [1.82, 2.24) is 0 Å². The molecule has 9 nitrogen and oxygen atoms in total. The van der Waals surface area contributed by atoms with Gasteiger partial charge in [0.1, 0.15) is 5.75 Å². The van der Waals surface area contributed by atoms with Gasteiger partial charge in [0, 0.05) is 37.2 Å². The van der Waals surface area contributed by atoms with E-state index in [9.17, 15) is 34.2 Å². The van der Waals surface area contributed by atoms with E-state index in [2.05, 4.69) is 13.0 Å². The van der Waals surface area contributed by atoms with Crippen molar-refractivity contribution in [3.63, 3.8) is 0 Å². The largest absolute Gasteiger partial charge is 0.507 e. The molecule has 0 saturated heterocycles. The molecule has 0 spiro atoms. The third kappa shape index (κ3) is 4.88. The number of anilines is 1. The molecule has 1 aromatic carbocycles. The van der Waals surface area contributed by atoms with E-state index in [0.717, 1.165) is 23.6 Å². The van der Waals surface area contributed by atoms with Gasteiger partial charge in [0.15, 0.2) is 34.7 Å². The summed E-state index contributed by atoms with van der Waals surface area (Å²) in [6, 6.07) is 1.91. The first-order chi connectivity index (χ1) is 21.7. The fourth-order valence-corrected chi connectivity index (χ4v) is 9.36. The number of ketones is 4. The summed E-state index contributed by atoms with van der Waals surface area (Å²) in [4.78, 5) is 69.8. The van der Waals surface area contributed by atoms with E-state index < -0.39 is 70.1 Å². The van der Waals surface area contributed by atoms with Crippen LogP contribution in [0.15, 0.2) is 23.8 Å². The van der Waals surface area contributed by atoms with Crippen molar-refractivity contribution in [3.8, 4) is 5.75 Å². The van der Waals surface area contributed by atoms with Crippen LogP contribution in [0.1, 0.15) is 87.2 Å². The minimum atomic E-state index is -2.70. The third-order valence-corrected chi connectivity index (χ3v) is 11.7. The van der Waals surface area contributed by atoms with Crippen LogP contribution in [-0.4, -0.2) is 58.9 Å². The van der Waals surface area contributed by atoms with Crippen LogP contribution in [0.5, 0.6) is 5.75 Å². The first-order valence-electron chi connectivity index (χ1n) is 16.8. The monoisotopic (exact) mass is 630 g/mol. The fraction of sp³-hybridized carbons (Fsp3) is 0.595. The van der Waals surface area contributed by atoms with Crippen LogP contribution in [0.2, 0.25) is 0 Å². The maximum atomic E-state index is 14.4. The van der Waals surface area contributed by atoms with E-state index in [-0.39, 0.29) is 24.2 Å². The Labute approximate surface area is 270 Å². The van der Waals surface area contributed by atoms with E-state index in [0.29, 0.717) is 23.5 Å². The highest BCUT2D eigenvalue weighted by Gasteiger charge is 2.69. The normalized spacial score (nSPS) is 34.1. The number of primary amides is 1. The molecule has 4 N–H and O–H groups in total. The lowest BCUT2D eigenvalue weighted by molar-refractivity contribution is -0.182. The number of benzene rings is 1. The van der Waals surface area contributed by atoms with Crippen molar-refractivity contribution in [2.45, 2.75) is 77.7 Å². The zero-order valence-electron chi connectivity index (χ0n) is 27.5. The first kappa shape index (κ1) is 32.4. The van der Waals surface area contributed by atoms with Gasteiger partial charge in [0.25, 0.3) is 0 Å².